The summed E-state index contributed by atoms with van der Waals surface area (Å²) in [4.78, 5) is 15.1. The summed E-state index contributed by atoms with van der Waals surface area (Å²) in [7, 11) is 3.15. The Hall–Kier alpha value is -2.53. The minimum absolute atomic E-state index is 0.127. The highest BCUT2D eigenvalue weighted by Crippen LogP contribution is 2.22. The molecule has 2 aromatic rings. The highest BCUT2D eigenvalue weighted by molar-refractivity contribution is 5.95. The summed E-state index contributed by atoms with van der Waals surface area (Å²) in [6, 6.07) is 15.8. The van der Waals surface area contributed by atoms with E-state index in [9.17, 15) is 4.79 Å². The Balaban J connectivity index is 2.10. The Morgan fingerprint density at radius 1 is 1.00 bits per heavy atom. The molecule has 0 aliphatic rings. The van der Waals surface area contributed by atoms with Crippen molar-refractivity contribution in [2.45, 2.75) is 26.3 Å². The Bertz CT molecular complexity index is 693. The van der Waals surface area contributed by atoms with E-state index in [1.807, 2.05) is 6.07 Å². The number of hydrogen-bond acceptors (Lipinski definition) is 4. The van der Waals surface area contributed by atoms with Gasteiger partial charge >= 0.3 is 0 Å². The Morgan fingerprint density at radius 3 is 2.11 bits per heavy atom. The van der Waals surface area contributed by atoms with Crippen molar-refractivity contribution < 1.29 is 14.3 Å². The first-order chi connectivity index (χ1) is 13.1. The van der Waals surface area contributed by atoms with E-state index >= 15 is 0 Å². The lowest BCUT2D eigenvalue weighted by Crippen LogP contribution is -2.45. The normalized spacial score (nSPS) is 11.9. The second-order valence-corrected chi connectivity index (χ2v) is 6.38. The number of carbonyl (C=O) groups excluding carboxylic acids is 1. The monoisotopic (exact) mass is 370 g/mol. The van der Waals surface area contributed by atoms with Crippen LogP contribution >= 0.6 is 0 Å². The van der Waals surface area contributed by atoms with Gasteiger partial charge in [0.15, 0.2) is 0 Å². The lowest BCUT2D eigenvalue weighted by molar-refractivity contribution is 0.0934. The molecule has 2 rings (SSSR count). The third-order valence-electron chi connectivity index (χ3n) is 4.75. The highest BCUT2D eigenvalue weighted by Gasteiger charge is 2.18. The summed E-state index contributed by atoms with van der Waals surface area (Å²) >= 11 is 0. The van der Waals surface area contributed by atoms with Crippen molar-refractivity contribution in [1.29, 1.82) is 0 Å². The maximum absolute atomic E-state index is 12.7. The largest absolute Gasteiger partial charge is 0.497 e. The maximum atomic E-state index is 12.7. The molecule has 0 bridgehead atoms. The van der Waals surface area contributed by atoms with Crippen molar-refractivity contribution >= 4 is 5.91 Å². The standard InChI is InChI=1S/C22H30N2O3/c1-5-24(6-2)19(12-17-10-8-7-9-11-17)16-23-22(25)18-13-20(26-3)15-21(14-18)27-4/h7-11,13-15,19H,5-6,12,16H2,1-4H3,(H,23,25). The van der Waals surface area contributed by atoms with E-state index in [4.69, 9.17) is 9.47 Å². The van der Waals surface area contributed by atoms with Gasteiger partial charge in [0.2, 0.25) is 0 Å². The fourth-order valence-corrected chi connectivity index (χ4v) is 3.21. The molecule has 5 nitrogen and oxygen atoms in total. The lowest BCUT2D eigenvalue weighted by atomic mass is 10.0. The Kier molecular flexibility index (Phi) is 8.14. The lowest BCUT2D eigenvalue weighted by Gasteiger charge is -2.30. The van der Waals surface area contributed by atoms with Gasteiger partial charge in [0, 0.05) is 24.2 Å². The summed E-state index contributed by atoms with van der Waals surface area (Å²) < 4.78 is 10.5. The van der Waals surface area contributed by atoms with Gasteiger partial charge in [-0.2, -0.15) is 0 Å². The number of ether oxygens (including phenoxy) is 2. The zero-order valence-corrected chi connectivity index (χ0v) is 16.7. The molecule has 0 saturated carbocycles. The summed E-state index contributed by atoms with van der Waals surface area (Å²) in [6.45, 7) is 6.76. The first-order valence-corrected chi connectivity index (χ1v) is 9.40. The highest BCUT2D eigenvalue weighted by atomic mass is 16.5. The van der Waals surface area contributed by atoms with Gasteiger partial charge in [-0.15, -0.1) is 0 Å². The van der Waals surface area contributed by atoms with Gasteiger partial charge < -0.3 is 14.8 Å². The topological polar surface area (TPSA) is 50.8 Å². The third-order valence-corrected chi connectivity index (χ3v) is 4.75. The SMILES string of the molecule is CCN(CC)C(CNC(=O)c1cc(OC)cc(OC)c1)Cc1ccccc1. The molecule has 0 aliphatic carbocycles. The van der Waals surface area contributed by atoms with E-state index < -0.39 is 0 Å². The van der Waals surface area contributed by atoms with Crippen LogP contribution in [0, 0.1) is 0 Å². The van der Waals surface area contributed by atoms with Gasteiger partial charge in [0.1, 0.15) is 11.5 Å². The molecule has 0 saturated heterocycles. The summed E-state index contributed by atoms with van der Waals surface area (Å²) in [5.41, 5.74) is 1.80. The van der Waals surface area contributed by atoms with Crippen molar-refractivity contribution in [3.63, 3.8) is 0 Å². The number of nitrogens with one attached hydrogen (secondary N) is 1. The quantitative estimate of drug-likeness (QED) is 0.697. The third kappa shape index (κ3) is 6.00. The van der Waals surface area contributed by atoms with Gasteiger partial charge in [-0.05, 0) is 37.2 Å². The molecular formula is C22H30N2O3. The van der Waals surface area contributed by atoms with Crippen molar-refractivity contribution in [2.75, 3.05) is 33.9 Å². The summed E-state index contributed by atoms with van der Waals surface area (Å²) in [5, 5.41) is 3.08. The van der Waals surface area contributed by atoms with Gasteiger partial charge in [-0.25, -0.2) is 0 Å². The van der Waals surface area contributed by atoms with Gasteiger partial charge in [-0.3, -0.25) is 9.69 Å². The second-order valence-electron chi connectivity index (χ2n) is 6.38. The zero-order chi connectivity index (χ0) is 19.6. The van der Waals surface area contributed by atoms with Crippen molar-refractivity contribution in [2.24, 2.45) is 0 Å². The van der Waals surface area contributed by atoms with Crippen LogP contribution in [0.1, 0.15) is 29.8 Å². The van der Waals surface area contributed by atoms with Crippen LogP contribution in [0.15, 0.2) is 48.5 Å². The predicted octanol–water partition coefficient (Wildman–Crippen LogP) is 3.39. The Labute approximate surface area is 162 Å². The van der Waals surface area contributed by atoms with Crippen LogP contribution in [0.3, 0.4) is 0 Å². The Morgan fingerprint density at radius 2 is 1.59 bits per heavy atom. The molecule has 1 unspecified atom stereocenters. The molecule has 1 atom stereocenters. The molecule has 0 radical (unpaired) electrons. The number of methoxy groups -OCH3 is 2. The molecule has 0 heterocycles. The molecule has 27 heavy (non-hydrogen) atoms. The van der Waals surface area contributed by atoms with Crippen LogP contribution in [0.5, 0.6) is 11.5 Å². The second kappa shape index (κ2) is 10.6. The first-order valence-electron chi connectivity index (χ1n) is 9.40. The van der Waals surface area contributed by atoms with E-state index in [1.54, 1.807) is 32.4 Å². The average Bonchev–Trinajstić information content (AvgIpc) is 2.72. The average molecular weight is 370 g/mol. The van der Waals surface area contributed by atoms with Crippen molar-refractivity contribution in [3.05, 3.63) is 59.7 Å². The van der Waals surface area contributed by atoms with Crippen LogP contribution in [0.4, 0.5) is 0 Å². The summed E-state index contributed by atoms with van der Waals surface area (Å²) in [6.07, 6.45) is 0.893. The van der Waals surface area contributed by atoms with Crippen LogP contribution in [0.25, 0.3) is 0 Å². The van der Waals surface area contributed by atoms with Gasteiger partial charge in [-0.1, -0.05) is 44.2 Å². The molecular weight excluding hydrogens is 340 g/mol. The molecule has 1 N–H and O–H groups in total. The number of rotatable bonds is 10. The smallest absolute Gasteiger partial charge is 0.251 e. The number of benzene rings is 2. The van der Waals surface area contributed by atoms with Crippen LogP contribution < -0.4 is 14.8 Å². The molecule has 0 aromatic heterocycles. The number of carbonyl (C=O) groups is 1. The zero-order valence-electron chi connectivity index (χ0n) is 16.7. The summed E-state index contributed by atoms with van der Waals surface area (Å²) in [5.74, 6) is 1.07. The minimum Gasteiger partial charge on any atom is -0.497 e. The van der Waals surface area contributed by atoms with Crippen LogP contribution in [-0.2, 0) is 6.42 Å². The maximum Gasteiger partial charge on any atom is 0.251 e. The van der Waals surface area contributed by atoms with E-state index in [2.05, 4.69) is 48.3 Å². The first kappa shape index (κ1) is 20.8. The predicted molar refractivity (Wildman–Crippen MR) is 109 cm³/mol. The van der Waals surface area contributed by atoms with E-state index in [-0.39, 0.29) is 11.9 Å². The number of nitrogens with zero attached hydrogens (tertiary/aromatic N) is 1. The van der Waals surface area contributed by atoms with Crippen LogP contribution in [0.2, 0.25) is 0 Å². The van der Waals surface area contributed by atoms with E-state index in [0.717, 1.165) is 19.5 Å². The minimum atomic E-state index is -0.127. The van der Waals surface area contributed by atoms with Crippen molar-refractivity contribution in [1.82, 2.24) is 10.2 Å². The molecule has 0 fully saturated rings. The number of hydrogen-bond donors (Lipinski definition) is 1. The van der Waals surface area contributed by atoms with E-state index in [1.165, 1.54) is 5.56 Å². The van der Waals surface area contributed by atoms with Crippen LogP contribution in [-0.4, -0.2) is 50.7 Å². The van der Waals surface area contributed by atoms with Gasteiger partial charge in [0.05, 0.1) is 14.2 Å². The number of amides is 1. The molecule has 146 valence electrons. The fourth-order valence-electron chi connectivity index (χ4n) is 3.21. The van der Waals surface area contributed by atoms with Crippen molar-refractivity contribution in [3.8, 4) is 11.5 Å². The van der Waals surface area contributed by atoms with E-state index in [0.29, 0.717) is 23.6 Å². The molecule has 0 aliphatic heterocycles. The molecule has 1 amide bonds. The molecule has 0 spiro atoms. The van der Waals surface area contributed by atoms with Gasteiger partial charge in [0.25, 0.3) is 5.91 Å². The fraction of sp³-hybridized carbons (Fsp3) is 0.409. The molecule has 2 aromatic carbocycles. The molecule has 5 heteroatoms. The number of likely N-dealkylation sites (N-methyl/N-ethyl adjacent to an activating group) is 1.